The fourth-order valence-electron chi connectivity index (χ4n) is 2.24. The third-order valence-electron chi connectivity index (χ3n) is 3.09. The van der Waals surface area contributed by atoms with E-state index in [0.29, 0.717) is 0 Å². The highest BCUT2D eigenvalue weighted by molar-refractivity contribution is 5.70. The highest BCUT2D eigenvalue weighted by atomic mass is 19.4. The Balaban J connectivity index is 2.55. The molecule has 0 amide bonds. The maximum Gasteiger partial charge on any atom is 0.573 e. The lowest BCUT2D eigenvalue weighted by molar-refractivity contribution is -0.275. The molecule has 0 aliphatic heterocycles. The van der Waals surface area contributed by atoms with Crippen molar-refractivity contribution in [1.82, 2.24) is 0 Å². The maximum absolute atomic E-state index is 14.0. The Hall–Kier alpha value is -2.38. The van der Waals surface area contributed by atoms with Gasteiger partial charge < -0.3 is 4.74 Å². The first kappa shape index (κ1) is 17.0. The van der Waals surface area contributed by atoms with E-state index in [1.54, 1.807) is 0 Å². The molecule has 0 N–H and O–H groups in total. The van der Waals surface area contributed by atoms with Crippen molar-refractivity contribution < 1.29 is 36.2 Å². The van der Waals surface area contributed by atoms with Gasteiger partial charge in [-0.15, -0.1) is 13.2 Å². The Morgan fingerprint density at radius 3 is 2.00 bits per heavy atom. The van der Waals surface area contributed by atoms with E-state index in [0.717, 1.165) is 18.2 Å². The largest absolute Gasteiger partial charge is 0.573 e. The third-order valence-corrected chi connectivity index (χ3v) is 3.09. The molecule has 0 bridgehead atoms. The van der Waals surface area contributed by atoms with Gasteiger partial charge in [0.1, 0.15) is 5.82 Å². The van der Waals surface area contributed by atoms with Crippen LogP contribution in [0.25, 0.3) is 11.1 Å². The van der Waals surface area contributed by atoms with Gasteiger partial charge in [0.2, 0.25) is 0 Å². The molecule has 0 aliphatic rings. The first-order chi connectivity index (χ1) is 10.6. The van der Waals surface area contributed by atoms with E-state index < -0.39 is 23.7 Å². The molecule has 0 saturated heterocycles. The smallest absolute Gasteiger partial charge is 0.402 e. The minimum atomic E-state index is -5.05. The molecule has 0 radical (unpaired) electrons. The van der Waals surface area contributed by atoms with Gasteiger partial charge >= 0.3 is 6.36 Å². The molecular formula is C15H10F6O2. The molecule has 8 heteroatoms. The normalized spacial score (nSPS) is 11.5. The molecule has 0 atom stereocenters. The summed E-state index contributed by atoms with van der Waals surface area (Å²) in [5.74, 6) is -3.55. The average molecular weight is 336 g/mol. The minimum Gasteiger partial charge on any atom is -0.402 e. The molecule has 2 aromatic carbocycles. The number of benzene rings is 2. The van der Waals surface area contributed by atoms with Gasteiger partial charge in [-0.25, -0.2) is 8.78 Å². The highest BCUT2D eigenvalue weighted by Crippen LogP contribution is 2.36. The van der Waals surface area contributed by atoms with Crippen LogP contribution in [0, 0.1) is 25.5 Å². The third kappa shape index (κ3) is 3.69. The molecular weight excluding hydrogens is 326 g/mol. The molecule has 0 aromatic heterocycles. The standard InChI is InChI=1S/C15H10F6O2/c1-7-4-10(23-21)6-11(16)13(7)9-3-8(2)14(12(17)5-9)22-15(18,19)20/h3-6H,1-2H3. The molecule has 2 aromatic rings. The van der Waals surface area contributed by atoms with Crippen molar-refractivity contribution in [1.29, 1.82) is 0 Å². The second kappa shape index (κ2) is 6.02. The summed E-state index contributed by atoms with van der Waals surface area (Å²) in [6.07, 6.45) is -5.05. The van der Waals surface area contributed by atoms with E-state index >= 15 is 0 Å². The van der Waals surface area contributed by atoms with Crippen LogP contribution in [0.15, 0.2) is 24.3 Å². The molecule has 23 heavy (non-hydrogen) atoms. The van der Waals surface area contributed by atoms with Crippen LogP contribution in [0.4, 0.5) is 26.5 Å². The van der Waals surface area contributed by atoms with Crippen LogP contribution in [0.1, 0.15) is 11.1 Å². The number of hydrogen-bond acceptors (Lipinski definition) is 2. The van der Waals surface area contributed by atoms with Gasteiger partial charge in [0.25, 0.3) is 0 Å². The quantitative estimate of drug-likeness (QED) is 0.698. The predicted molar refractivity (Wildman–Crippen MR) is 69.7 cm³/mol. The molecule has 0 unspecified atom stereocenters. The van der Waals surface area contributed by atoms with Crippen molar-refractivity contribution in [3.63, 3.8) is 0 Å². The highest BCUT2D eigenvalue weighted by Gasteiger charge is 2.33. The summed E-state index contributed by atoms with van der Waals surface area (Å²) in [5, 5.41) is 0. The second-order valence-corrected chi connectivity index (χ2v) is 4.83. The van der Waals surface area contributed by atoms with Crippen molar-refractivity contribution in [3.8, 4) is 22.6 Å². The number of hydrogen-bond donors (Lipinski definition) is 0. The second-order valence-electron chi connectivity index (χ2n) is 4.83. The summed E-state index contributed by atoms with van der Waals surface area (Å²) in [6.45, 7) is 2.62. The molecule has 2 nitrogen and oxygen atoms in total. The lowest BCUT2D eigenvalue weighted by atomic mass is 9.97. The van der Waals surface area contributed by atoms with Gasteiger partial charge in [-0.3, -0.25) is 4.94 Å². The zero-order valence-electron chi connectivity index (χ0n) is 11.9. The molecule has 124 valence electrons. The Morgan fingerprint density at radius 2 is 1.52 bits per heavy atom. The van der Waals surface area contributed by atoms with Crippen LogP contribution in [-0.2, 0) is 0 Å². The molecule has 0 aliphatic carbocycles. The topological polar surface area (TPSA) is 18.5 Å². The van der Waals surface area contributed by atoms with E-state index in [1.807, 2.05) is 0 Å². The van der Waals surface area contributed by atoms with Crippen LogP contribution < -0.4 is 9.68 Å². The fraction of sp³-hybridized carbons (Fsp3) is 0.200. The van der Waals surface area contributed by atoms with Crippen LogP contribution in [-0.4, -0.2) is 6.36 Å². The fourth-order valence-corrected chi connectivity index (χ4v) is 2.24. The summed E-state index contributed by atoms with van der Waals surface area (Å²) >= 11 is 0. The summed E-state index contributed by atoms with van der Waals surface area (Å²) in [5.41, 5.74) is -0.0239. The summed E-state index contributed by atoms with van der Waals surface area (Å²) < 4.78 is 80.4. The average Bonchev–Trinajstić information content (AvgIpc) is 2.41. The lowest BCUT2D eigenvalue weighted by Gasteiger charge is -2.15. The van der Waals surface area contributed by atoms with Crippen LogP contribution in [0.5, 0.6) is 11.5 Å². The zero-order chi connectivity index (χ0) is 17.4. The Labute approximate surface area is 127 Å². The molecule has 0 heterocycles. The van der Waals surface area contributed by atoms with Gasteiger partial charge in [0, 0.05) is 16.2 Å². The van der Waals surface area contributed by atoms with Crippen LogP contribution >= 0.6 is 0 Å². The van der Waals surface area contributed by atoms with E-state index in [9.17, 15) is 26.5 Å². The molecule has 0 fully saturated rings. The van der Waals surface area contributed by atoms with Gasteiger partial charge in [0.15, 0.2) is 17.3 Å². The summed E-state index contributed by atoms with van der Waals surface area (Å²) in [6, 6.07) is 3.78. The zero-order valence-corrected chi connectivity index (χ0v) is 11.9. The van der Waals surface area contributed by atoms with Gasteiger partial charge in [-0.05, 0) is 48.7 Å². The summed E-state index contributed by atoms with van der Waals surface area (Å²) in [7, 11) is 0. The van der Waals surface area contributed by atoms with E-state index in [2.05, 4.69) is 9.68 Å². The van der Waals surface area contributed by atoms with Crippen LogP contribution in [0.3, 0.4) is 0 Å². The maximum atomic E-state index is 14.0. The van der Waals surface area contributed by atoms with E-state index in [4.69, 9.17) is 0 Å². The Bertz CT molecular complexity index is 693. The van der Waals surface area contributed by atoms with Crippen molar-refractivity contribution >= 4 is 0 Å². The number of aryl methyl sites for hydroxylation is 2. The first-order valence-corrected chi connectivity index (χ1v) is 6.27. The van der Waals surface area contributed by atoms with E-state index in [-0.39, 0.29) is 28.0 Å². The van der Waals surface area contributed by atoms with Gasteiger partial charge in [0.05, 0.1) is 0 Å². The van der Waals surface area contributed by atoms with Gasteiger partial charge in [-0.2, -0.15) is 0 Å². The molecule has 0 spiro atoms. The SMILES string of the molecule is Cc1cc(-c2c(C)cc(OF)cc2F)cc(F)c1OC(F)(F)F. The Kier molecular flexibility index (Phi) is 4.44. The summed E-state index contributed by atoms with van der Waals surface area (Å²) in [4.78, 5) is 3.43. The number of alkyl halides is 3. The first-order valence-electron chi connectivity index (χ1n) is 6.27. The molecule has 2 rings (SSSR count). The van der Waals surface area contributed by atoms with Crippen molar-refractivity contribution in [2.24, 2.45) is 0 Å². The lowest BCUT2D eigenvalue weighted by Crippen LogP contribution is -2.18. The van der Waals surface area contributed by atoms with E-state index in [1.165, 1.54) is 19.9 Å². The van der Waals surface area contributed by atoms with Gasteiger partial charge in [-0.1, -0.05) is 0 Å². The number of ether oxygens (including phenoxy) is 1. The minimum absolute atomic E-state index is 0.00469. The molecule has 0 saturated carbocycles. The van der Waals surface area contributed by atoms with Crippen molar-refractivity contribution in [3.05, 3.63) is 47.0 Å². The van der Waals surface area contributed by atoms with Crippen molar-refractivity contribution in [2.75, 3.05) is 0 Å². The van der Waals surface area contributed by atoms with Crippen LogP contribution in [0.2, 0.25) is 0 Å². The number of rotatable bonds is 3. The monoisotopic (exact) mass is 336 g/mol. The predicted octanol–water partition coefficient (Wildman–Crippen LogP) is 5.41. The Morgan fingerprint density at radius 1 is 0.870 bits per heavy atom. The number of halogens is 6. The van der Waals surface area contributed by atoms with Crippen molar-refractivity contribution in [2.45, 2.75) is 20.2 Å².